The summed E-state index contributed by atoms with van der Waals surface area (Å²) in [6.07, 6.45) is 1.30. The molecule has 0 heterocycles. The molecule has 0 saturated carbocycles. The smallest absolute Gasteiger partial charge is 0.205 e. The molecule has 6 heteroatoms. The standard InChI is InChI=1S/C21H14ClN3OS/c22-18-7-3-4-8-19(18)25-21(27)24-13-17(12-23)20(26)16-10-9-14-5-1-2-6-15(14)11-16/h1-11,13H,(H2,24,25,27). The number of halogens is 1. The molecular formula is C21H14ClN3OS. The van der Waals surface area contributed by atoms with Crippen molar-refractivity contribution in [3.8, 4) is 6.07 Å². The number of hydrogen-bond donors (Lipinski definition) is 2. The molecule has 0 unspecified atom stereocenters. The summed E-state index contributed by atoms with van der Waals surface area (Å²) in [6.45, 7) is 0. The molecule has 0 atom stereocenters. The van der Waals surface area contributed by atoms with Crippen molar-refractivity contribution in [1.82, 2.24) is 5.32 Å². The molecule has 0 spiro atoms. The molecule has 2 N–H and O–H groups in total. The van der Waals surface area contributed by atoms with Crippen LogP contribution in [0, 0.1) is 11.3 Å². The Kier molecular flexibility index (Phi) is 5.82. The number of carbonyl (C=O) groups excluding carboxylic acids is 1. The average molecular weight is 392 g/mol. The summed E-state index contributed by atoms with van der Waals surface area (Å²) in [7, 11) is 0. The number of para-hydroxylation sites is 1. The van der Waals surface area contributed by atoms with Crippen LogP contribution >= 0.6 is 23.8 Å². The van der Waals surface area contributed by atoms with E-state index in [-0.39, 0.29) is 16.5 Å². The molecule has 132 valence electrons. The Morgan fingerprint density at radius 1 is 1.04 bits per heavy atom. The fourth-order valence-corrected chi connectivity index (χ4v) is 2.85. The first kappa shape index (κ1) is 18.6. The lowest BCUT2D eigenvalue weighted by molar-refractivity contribution is 0.103. The summed E-state index contributed by atoms with van der Waals surface area (Å²) in [4.78, 5) is 12.6. The molecule has 0 amide bonds. The van der Waals surface area contributed by atoms with Gasteiger partial charge in [-0.25, -0.2) is 0 Å². The van der Waals surface area contributed by atoms with Gasteiger partial charge < -0.3 is 10.6 Å². The van der Waals surface area contributed by atoms with Crippen LogP contribution in [0.5, 0.6) is 0 Å². The van der Waals surface area contributed by atoms with Crippen LogP contribution in [0.25, 0.3) is 10.8 Å². The van der Waals surface area contributed by atoms with Gasteiger partial charge in [0.05, 0.1) is 10.7 Å². The Balaban J connectivity index is 1.75. The second-order valence-electron chi connectivity index (χ2n) is 5.64. The van der Waals surface area contributed by atoms with E-state index >= 15 is 0 Å². The van der Waals surface area contributed by atoms with Gasteiger partial charge in [-0.1, -0.05) is 60.1 Å². The predicted octanol–water partition coefficient (Wildman–Crippen LogP) is 5.07. The Bertz CT molecular complexity index is 1100. The number of thiocarbonyl (C=S) groups is 1. The van der Waals surface area contributed by atoms with Crippen LogP contribution in [0.15, 0.2) is 78.5 Å². The van der Waals surface area contributed by atoms with E-state index in [0.717, 1.165) is 10.8 Å². The number of Topliss-reactive ketones (excluding diaryl/α,β-unsaturated/α-hetero) is 1. The van der Waals surface area contributed by atoms with E-state index < -0.39 is 0 Å². The van der Waals surface area contributed by atoms with Crippen LogP contribution in [-0.2, 0) is 0 Å². The minimum atomic E-state index is -0.378. The number of ketones is 1. The number of nitrogens with one attached hydrogen (secondary N) is 2. The molecule has 0 bridgehead atoms. The minimum absolute atomic E-state index is 0.0476. The van der Waals surface area contributed by atoms with E-state index in [4.69, 9.17) is 23.8 Å². The van der Waals surface area contributed by atoms with Gasteiger partial charge in [-0.15, -0.1) is 0 Å². The number of nitriles is 1. The summed E-state index contributed by atoms with van der Waals surface area (Å²) >= 11 is 11.2. The molecule has 0 fully saturated rings. The van der Waals surface area contributed by atoms with Crippen LogP contribution < -0.4 is 10.6 Å². The van der Waals surface area contributed by atoms with E-state index in [2.05, 4.69) is 10.6 Å². The SMILES string of the molecule is N#CC(=CNC(=S)Nc1ccccc1Cl)C(=O)c1ccc2ccccc2c1. The van der Waals surface area contributed by atoms with Crippen molar-refractivity contribution >= 4 is 51.2 Å². The number of hydrogen-bond acceptors (Lipinski definition) is 3. The van der Waals surface area contributed by atoms with E-state index in [1.165, 1.54) is 6.20 Å². The summed E-state index contributed by atoms with van der Waals surface area (Å²) in [5.41, 5.74) is 1.02. The van der Waals surface area contributed by atoms with E-state index in [1.54, 1.807) is 30.3 Å². The third-order valence-electron chi connectivity index (χ3n) is 3.85. The molecule has 3 aromatic carbocycles. The fraction of sp³-hybridized carbons (Fsp3) is 0. The third-order valence-corrected chi connectivity index (χ3v) is 4.40. The molecule has 0 aromatic heterocycles. The van der Waals surface area contributed by atoms with Crippen LogP contribution in [0.1, 0.15) is 10.4 Å². The molecule has 0 radical (unpaired) electrons. The number of nitrogens with zero attached hydrogens (tertiary/aromatic N) is 1. The van der Waals surface area contributed by atoms with Gasteiger partial charge in [0.1, 0.15) is 11.6 Å². The van der Waals surface area contributed by atoms with Gasteiger partial charge in [0.15, 0.2) is 5.11 Å². The van der Waals surface area contributed by atoms with Crippen LogP contribution in [0.4, 0.5) is 5.69 Å². The minimum Gasteiger partial charge on any atom is -0.338 e. The van der Waals surface area contributed by atoms with Gasteiger partial charge in [-0.3, -0.25) is 4.79 Å². The average Bonchev–Trinajstić information content (AvgIpc) is 2.69. The van der Waals surface area contributed by atoms with Gasteiger partial charge in [0.25, 0.3) is 0 Å². The molecule has 3 rings (SSSR count). The highest BCUT2D eigenvalue weighted by Crippen LogP contribution is 2.20. The number of carbonyl (C=O) groups is 1. The Labute approximate surface area is 167 Å². The quantitative estimate of drug-likeness (QED) is 0.281. The van der Waals surface area contributed by atoms with Crippen molar-refractivity contribution < 1.29 is 4.79 Å². The maximum absolute atomic E-state index is 12.6. The lowest BCUT2D eigenvalue weighted by Crippen LogP contribution is -2.24. The third kappa shape index (κ3) is 4.50. The summed E-state index contributed by atoms with van der Waals surface area (Å²) in [5.74, 6) is -0.378. The lowest BCUT2D eigenvalue weighted by atomic mass is 10.0. The Morgan fingerprint density at radius 2 is 1.74 bits per heavy atom. The highest BCUT2D eigenvalue weighted by atomic mass is 35.5. The summed E-state index contributed by atoms with van der Waals surface area (Å²) in [6, 6.07) is 22.1. The second kappa shape index (κ2) is 8.45. The largest absolute Gasteiger partial charge is 0.338 e. The molecule has 0 aliphatic heterocycles. The van der Waals surface area contributed by atoms with Gasteiger partial charge in [0, 0.05) is 11.8 Å². The fourth-order valence-electron chi connectivity index (χ4n) is 2.49. The predicted molar refractivity (Wildman–Crippen MR) is 113 cm³/mol. The maximum Gasteiger partial charge on any atom is 0.205 e. The topological polar surface area (TPSA) is 64.9 Å². The normalized spacial score (nSPS) is 10.9. The van der Waals surface area contributed by atoms with Gasteiger partial charge in [-0.2, -0.15) is 5.26 Å². The number of benzene rings is 3. The molecule has 0 saturated heterocycles. The molecular weight excluding hydrogens is 378 g/mol. The zero-order chi connectivity index (χ0) is 19.2. The highest BCUT2D eigenvalue weighted by Gasteiger charge is 2.13. The molecule has 4 nitrogen and oxygen atoms in total. The van der Waals surface area contributed by atoms with Crippen molar-refractivity contribution in [2.24, 2.45) is 0 Å². The zero-order valence-electron chi connectivity index (χ0n) is 14.1. The second-order valence-corrected chi connectivity index (χ2v) is 6.45. The van der Waals surface area contributed by atoms with Crippen molar-refractivity contribution in [3.63, 3.8) is 0 Å². The summed E-state index contributed by atoms with van der Waals surface area (Å²) < 4.78 is 0. The first-order valence-corrected chi connectivity index (χ1v) is 8.83. The number of rotatable bonds is 4. The first-order valence-electron chi connectivity index (χ1n) is 8.04. The van der Waals surface area contributed by atoms with Crippen molar-refractivity contribution in [2.75, 3.05) is 5.32 Å². The van der Waals surface area contributed by atoms with Crippen LogP contribution in [0.2, 0.25) is 5.02 Å². The summed E-state index contributed by atoms with van der Waals surface area (Å²) in [5, 5.41) is 17.7. The van der Waals surface area contributed by atoms with Crippen LogP contribution in [-0.4, -0.2) is 10.9 Å². The molecule has 0 aliphatic carbocycles. The maximum atomic E-state index is 12.6. The number of fused-ring (bicyclic) bond motifs is 1. The molecule has 3 aromatic rings. The van der Waals surface area contributed by atoms with Gasteiger partial charge >= 0.3 is 0 Å². The van der Waals surface area contributed by atoms with Gasteiger partial charge in [-0.05, 0) is 41.2 Å². The van der Waals surface area contributed by atoms with Crippen molar-refractivity contribution in [1.29, 1.82) is 5.26 Å². The van der Waals surface area contributed by atoms with Gasteiger partial charge in [0.2, 0.25) is 5.78 Å². The van der Waals surface area contributed by atoms with Crippen LogP contribution in [0.3, 0.4) is 0 Å². The Hall–Kier alpha value is -3.20. The van der Waals surface area contributed by atoms with Crippen molar-refractivity contribution in [3.05, 3.63) is 89.1 Å². The lowest BCUT2D eigenvalue weighted by Gasteiger charge is -2.09. The van der Waals surface area contributed by atoms with E-state index in [1.807, 2.05) is 42.5 Å². The number of anilines is 1. The Morgan fingerprint density at radius 3 is 2.48 bits per heavy atom. The molecule has 0 aliphatic rings. The first-order chi connectivity index (χ1) is 13.1. The van der Waals surface area contributed by atoms with E-state index in [9.17, 15) is 10.1 Å². The van der Waals surface area contributed by atoms with Crippen molar-refractivity contribution in [2.45, 2.75) is 0 Å². The molecule has 27 heavy (non-hydrogen) atoms. The van der Waals surface area contributed by atoms with E-state index in [0.29, 0.717) is 16.3 Å². The monoisotopic (exact) mass is 391 g/mol. The number of allylic oxidation sites excluding steroid dienone is 1. The zero-order valence-corrected chi connectivity index (χ0v) is 15.6. The highest BCUT2D eigenvalue weighted by molar-refractivity contribution is 7.80.